The summed E-state index contributed by atoms with van der Waals surface area (Å²) in [4.78, 5) is 0. The molecule has 222 valence electrons. The van der Waals surface area contributed by atoms with Crippen molar-refractivity contribution in [1.82, 2.24) is 9.13 Å². The zero-order valence-corrected chi connectivity index (χ0v) is 25.8. The van der Waals surface area contributed by atoms with Gasteiger partial charge in [0.05, 0.1) is 45.0 Å². The van der Waals surface area contributed by atoms with Crippen molar-refractivity contribution in [3.8, 4) is 45.8 Å². The lowest BCUT2D eigenvalue weighted by atomic mass is 9.92. The van der Waals surface area contributed by atoms with Crippen LogP contribution in [-0.2, 0) is 0 Å². The van der Waals surface area contributed by atoms with Gasteiger partial charge in [-0.05, 0) is 65.2 Å². The van der Waals surface area contributed by atoms with E-state index in [2.05, 4.69) is 143 Å². The molecule has 0 saturated heterocycles. The lowest BCUT2D eigenvalue weighted by Crippen LogP contribution is -2.01. The smallest absolute Gasteiger partial charge is 0.101 e. The number of benzene rings is 7. The van der Waals surface area contributed by atoms with Gasteiger partial charge < -0.3 is 9.13 Å². The number of hydrogen-bond acceptors (Lipinski definition) is 2. The van der Waals surface area contributed by atoms with Crippen molar-refractivity contribution in [3.05, 3.63) is 169 Å². The fraction of sp³-hybridized carbons (Fsp3) is 0. The van der Waals surface area contributed by atoms with Crippen LogP contribution in [0.4, 0.5) is 0 Å². The van der Waals surface area contributed by atoms with E-state index in [1.807, 2.05) is 36.4 Å². The topological polar surface area (TPSA) is 57.4 Å². The minimum absolute atomic E-state index is 0.618. The molecule has 0 N–H and O–H groups in total. The van der Waals surface area contributed by atoms with Crippen LogP contribution in [-0.4, -0.2) is 9.13 Å². The Kier molecular flexibility index (Phi) is 6.22. The van der Waals surface area contributed by atoms with Crippen LogP contribution in [0.3, 0.4) is 0 Å². The van der Waals surface area contributed by atoms with E-state index in [-0.39, 0.29) is 0 Å². The summed E-state index contributed by atoms with van der Waals surface area (Å²) in [6.45, 7) is 0. The second kappa shape index (κ2) is 10.9. The Bertz CT molecular complexity index is 2750. The molecule has 0 atom stereocenters. The molecular formula is C44H26N4. The van der Waals surface area contributed by atoms with Crippen molar-refractivity contribution in [2.45, 2.75) is 0 Å². The molecule has 0 aliphatic carbocycles. The molecular weight excluding hydrogens is 585 g/mol. The molecule has 0 saturated carbocycles. The van der Waals surface area contributed by atoms with Gasteiger partial charge in [0.15, 0.2) is 0 Å². The summed E-state index contributed by atoms with van der Waals surface area (Å²) in [7, 11) is 0. The Balaban J connectivity index is 1.24. The molecule has 0 spiro atoms. The monoisotopic (exact) mass is 610 g/mol. The summed E-state index contributed by atoms with van der Waals surface area (Å²) in [5.74, 6) is 0. The van der Waals surface area contributed by atoms with E-state index in [9.17, 15) is 10.5 Å². The van der Waals surface area contributed by atoms with Crippen molar-refractivity contribution < 1.29 is 0 Å². The zero-order valence-electron chi connectivity index (χ0n) is 25.8. The molecule has 0 bridgehead atoms. The van der Waals surface area contributed by atoms with Crippen molar-refractivity contribution in [1.29, 1.82) is 10.5 Å². The summed E-state index contributed by atoms with van der Waals surface area (Å²) >= 11 is 0. The summed E-state index contributed by atoms with van der Waals surface area (Å²) in [5.41, 5.74) is 11.6. The third kappa shape index (κ3) is 4.01. The standard InChI is InChI=1S/C44H26N4/c45-27-30-11-10-22-42-43(30)38-17-5-8-21-41(38)47(42)32-25-23-29(24-26-32)33-13-1-2-14-34(33)37-18-9-12-31(28-46)44(37)48-39-19-6-3-15-35(39)36-16-4-7-20-40(36)48/h1-26H. The number of aromatic nitrogens is 2. The third-order valence-electron chi connectivity index (χ3n) is 9.43. The zero-order chi connectivity index (χ0) is 32.2. The highest BCUT2D eigenvalue weighted by molar-refractivity contribution is 6.12. The van der Waals surface area contributed by atoms with E-state index in [0.717, 1.165) is 77.2 Å². The average Bonchev–Trinajstić information content (AvgIpc) is 3.67. The molecule has 0 amide bonds. The molecule has 4 heteroatoms. The van der Waals surface area contributed by atoms with E-state index in [4.69, 9.17) is 0 Å². The highest BCUT2D eigenvalue weighted by Crippen LogP contribution is 2.41. The lowest BCUT2D eigenvalue weighted by Gasteiger charge is -2.18. The Labute approximate surface area is 277 Å². The first-order chi connectivity index (χ1) is 23.8. The van der Waals surface area contributed by atoms with E-state index in [1.165, 1.54) is 0 Å². The first kappa shape index (κ1) is 27.4. The number of fused-ring (bicyclic) bond motifs is 6. The van der Waals surface area contributed by atoms with Crippen molar-refractivity contribution in [2.75, 3.05) is 0 Å². The van der Waals surface area contributed by atoms with Gasteiger partial charge in [0.25, 0.3) is 0 Å². The molecule has 0 fully saturated rings. The van der Waals surface area contributed by atoms with E-state index < -0.39 is 0 Å². The molecule has 9 rings (SSSR count). The van der Waals surface area contributed by atoms with E-state index in [0.29, 0.717) is 11.1 Å². The van der Waals surface area contributed by atoms with Gasteiger partial charge in [0.2, 0.25) is 0 Å². The molecule has 7 aromatic carbocycles. The molecule has 0 aliphatic rings. The lowest BCUT2D eigenvalue weighted by molar-refractivity contribution is 1.17. The maximum absolute atomic E-state index is 10.4. The maximum Gasteiger partial charge on any atom is 0.101 e. The summed E-state index contributed by atoms with van der Waals surface area (Å²) in [6.07, 6.45) is 0. The van der Waals surface area contributed by atoms with Crippen LogP contribution in [0.1, 0.15) is 11.1 Å². The Morgan fingerprint density at radius 1 is 0.375 bits per heavy atom. The summed E-state index contributed by atoms with van der Waals surface area (Å²) in [6, 6.07) is 58.9. The van der Waals surface area contributed by atoms with Gasteiger partial charge in [-0.3, -0.25) is 0 Å². The number of rotatable bonds is 4. The first-order valence-corrected chi connectivity index (χ1v) is 15.9. The molecule has 4 nitrogen and oxygen atoms in total. The molecule has 48 heavy (non-hydrogen) atoms. The van der Waals surface area contributed by atoms with E-state index >= 15 is 0 Å². The van der Waals surface area contributed by atoms with Gasteiger partial charge in [-0.15, -0.1) is 0 Å². The van der Waals surface area contributed by atoms with E-state index in [1.54, 1.807) is 0 Å². The highest BCUT2D eigenvalue weighted by Gasteiger charge is 2.21. The minimum atomic E-state index is 0.618. The number of nitriles is 2. The number of hydrogen-bond donors (Lipinski definition) is 0. The molecule has 0 unspecified atom stereocenters. The summed E-state index contributed by atoms with van der Waals surface area (Å²) in [5, 5.41) is 24.7. The van der Waals surface area contributed by atoms with Gasteiger partial charge in [-0.2, -0.15) is 10.5 Å². The molecule has 2 aromatic heterocycles. The summed E-state index contributed by atoms with van der Waals surface area (Å²) < 4.78 is 4.48. The minimum Gasteiger partial charge on any atom is -0.309 e. The van der Waals surface area contributed by atoms with Crippen LogP contribution in [0.25, 0.3) is 77.2 Å². The average molecular weight is 611 g/mol. The van der Waals surface area contributed by atoms with Gasteiger partial charge in [-0.25, -0.2) is 0 Å². The fourth-order valence-electron chi connectivity index (χ4n) is 7.41. The predicted molar refractivity (Wildman–Crippen MR) is 195 cm³/mol. The quantitative estimate of drug-likeness (QED) is 0.199. The van der Waals surface area contributed by atoms with Crippen LogP contribution in [0.15, 0.2) is 158 Å². The molecule has 0 radical (unpaired) electrons. The van der Waals surface area contributed by atoms with Crippen LogP contribution in [0.2, 0.25) is 0 Å². The van der Waals surface area contributed by atoms with Crippen LogP contribution in [0, 0.1) is 22.7 Å². The van der Waals surface area contributed by atoms with Crippen molar-refractivity contribution in [2.24, 2.45) is 0 Å². The first-order valence-electron chi connectivity index (χ1n) is 15.9. The number of nitrogens with zero attached hydrogens (tertiary/aromatic N) is 4. The maximum atomic E-state index is 10.4. The van der Waals surface area contributed by atoms with Crippen LogP contribution >= 0.6 is 0 Å². The third-order valence-corrected chi connectivity index (χ3v) is 9.43. The van der Waals surface area contributed by atoms with Gasteiger partial charge in [0.1, 0.15) is 6.07 Å². The van der Waals surface area contributed by atoms with Gasteiger partial charge in [-0.1, -0.05) is 109 Å². The van der Waals surface area contributed by atoms with Crippen molar-refractivity contribution >= 4 is 43.6 Å². The predicted octanol–water partition coefficient (Wildman–Crippen LogP) is 11.0. The highest BCUT2D eigenvalue weighted by atomic mass is 15.0. The molecule has 2 heterocycles. The largest absolute Gasteiger partial charge is 0.309 e. The van der Waals surface area contributed by atoms with Gasteiger partial charge in [0, 0.05) is 32.8 Å². The number of para-hydroxylation sites is 4. The molecule has 9 aromatic rings. The SMILES string of the molecule is N#Cc1cccc(-c2ccccc2-c2ccc(-n3c4ccccc4c4c(C#N)cccc43)cc2)c1-n1c2ccccc2c2ccccc21. The second-order valence-corrected chi connectivity index (χ2v) is 11.9. The van der Waals surface area contributed by atoms with Crippen molar-refractivity contribution in [3.63, 3.8) is 0 Å². The Morgan fingerprint density at radius 3 is 1.54 bits per heavy atom. The Hall–Kier alpha value is -6.88. The van der Waals surface area contributed by atoms with Crippen LogP contribution in [0.5, 0.6) is 0 Å². The Morgan fingerprint density at radius 2 is 0.875 bits per heavy atom. The van der Waals surface area contributed by atoms with Gasteiger partial charge >= 0.3 is 0 Å². The van der Waals surface area contributed by atoms with Crippen LogP contribution < -0.4 is 0 Å². The molecule has 0 aliphatic heterocycles. The fourth-order valence-corrected chi connectivity index (χ4v) is 7.41. The normalized spacial score (nSPS) is 11.3. The second-order valence-electron chi connectivity index (χ2n) is 11.9.